The maximum absolute atomic E-state index is 14.3. The van der Waals surface area contributed by atoms with Gasteiger partial charge in [0.25, 0.3) is 0 Å². The number of carbonyl (C=O) groups excluding carboxylic acids is 1. The maximum Gasteiger partial charge on any atom is 0.460 e. The summed E-state index contributed by atoms with van der Waals surface area (Å²) in [6.07, 6.45) is -9.60. The third-order valence-electron chi connectivity index (χ3n) is 4.70. The molecule has 0 aromatic heterocycles. The molecule has 0 aliphatic carbocycles. The molecule has 1 atom stereocenters. The summed E-state index contributed by atoms with van der Waals surface area (Å²) in [5.74, 6) is -40.4. The molecule has 0 saturated heterocycles. The Labute approximate surface area is 174 Å². The lowest BCUT2D eigenvalue weighted by molar-refractivity contribution is -0.443. The predicted octanol–water partition coefficient (Wildman–Crippen LogP) is 6.57. The normalized spacial score (nSPS) is 15.5. The van der Waals surface area contributed by atoms with E-state index in [1.807, 2.05) is 0 Å². The van der Waals surface area contributed by atoms with Crippen LogP contribution in [0.25, 0.3) is 0 Å². The first-order valence-corrected chi connectivity index (χ1v) is 8.91. The van der Waals surface area contributed by atoms with E-state index in [4.69, 9.17) is 0 Å². The highest BCUT2D eigenvalue weighted by Gasteiger charge is 2.91. The van der Waals surface area contributed by atoms with Gasteiger partial charge in [0.2, 0.25) is 5.91 Å². The molecule has 0 aliphatic heterocycles. The van der Waals surface area contributed by atoms with Gasteiger partial charge in [0.15, 0.2) is 0 Å². The zero-order valence-electron chi connectivity index (χ0n) is 16.7. The van der Waals surface area contributed by atoms with E-state index in [1.165, 1.54) is 0 Å². The van der Waals surface area contributed by atoms with E-state index in [0.717, 1.165) is 24.9 Å². The fraction of sp³-hybridized carbons (Fsp3) is 0.824. The van der Waals surface area contributed by atoms with Crippen molar-refractivity contribution in [3.63, 3.8) is 0 Å². The number of hydrogen-bond acceptors (Lipinski definition) is 1. The Kier molecular flexibility index (Phi) is 9.14. The number of likely N-dealkylation sites (N-methyl/N-ethyl adjacent to an activating group) is 1. The zero-order chi connectivity index (χ0) is 26.0. The van der Waals surface area contributed by atoms with Gasteiger partial charge in [-0.05, 0) is 25.3 Å². The van der Waals surface area contributed by atoms with Gasteiger partial charge in [-0.1, -0.05) is 19.9 Å². The van der Waals surface area contributed by atoms with Crippen LogP contribution in [0.5, 0.6) is 0 Å². The first-order valence-electron chi connectivity index (χ1n) is 8.91. The van der Waals surface area contributed by atoms with E-state index >= 15 is 0 Å². The third kappa shape index (κ3) is 5.10. The molecule has 0 N–H and O–H groups in total. The number of nitrogens with zero attached hydrogens (tertiary/aromatic N) is 1. The average Bonchev–Trinajstić information content (AvgIpc) is 2.64. The molecule has 0 aromatic rings. The first-order chi connectivity index (χ1) is 14.1. The summed E-state index contributed by atoms with van der Waals surface area (Å²) in [5, 5.41) is 0. The first kappa shape index (κ1) is 30.3. The number of halogens is 13. The standard InChI is InChI=1S/C17H20F13NO/c1-4-7-10(8-6-9-31(3)11(32)5-2)12(18,19)13(20,21)14(22,23)15(24,25)16(26,27)17(28,29)30/h5,10H,2,4,6-9H2,1,3H3. The molecule has 0 rings (SSSR count). The smallest absolute Gasteiger partial charge is 0.342 e. The second-order valence-electron chi connectivity index (χ2n) is 7.01. The highest BCUT2D eigenvalue weighted by Crippen LogP contribution is 2.61. The van der Waals surface area contributed by atoms with Crippen LogP contribution in [0.15, 0.2) is 12.7 Å². The van der Waals surface area contributed by atoms with Crippen molar-refractivity contribution in [2.75, 3.05) is 13.6 Å². The Morgan fingerprint density at radius 2 is 1.25 bits per heavy atom. The summed E-state index contributed by atoms with van der Waals surface area (Å²) in [6.45, 7) is 3.85. The second-order valence-corrected chi connectivity index (χ2v) is 7.01. The minimum absolute atomic E-state index is 0.377. The third-order valence-corrected chi connectivity index (χ3v) is 4.70. The van der Waals surface area contributed by atoms with E-state index in [9.17, 15) is 61.9 Å². The van der Waals surface area contributed by atoms with Crippen molar-refractivity contribution >= 4 is 5.91 Å². The summed E-state index contributed by atoms with van der Waals surface area (Å²) in [7, 11) is 1.14. The molecule has 0 aromatic carbocycles. The van der Waals surface area contributed by atoms with E-state index in [2.05, 4.69) is 6.58 Å². The SMILES string of the molecule is C=CC(=O)N(C)CCCC(CCC)C(F)(F)C(F)(F)C(F)(F)C(F)(F)C(F)(F)C(F)(F)F. The fourth-order valence-corrected chi connectivity index (χ4v) is 2.73. The van der Waals surface area contributed by atoms with Crippen molar-refractivity contribution in [3.05, 3.63) is 12.7 Å². The van der Waals surface area contributed by atoms with Crippen molar-refractivity contribution in [3.8, 4) is 0 Å². The Hall–Kier alpha value is -1.70. The molecule has 0 radical (unpaired) electrons. The molecule has 190 valence electrons. The van der Waals surface area contributed by atoms with Crippen LogP contribution < -0.4 is 0 Å². The Morgan fingerprint density at radius 3 is 1.62 bits per heavy atom. The van der Waals surface area contributed by atoms with E-state index in [1.54, 1.807) is 0 Å². The average molecular weight is 501 g/mol. The molecule has 0 heterocycles. The van der Waals surface area contributed by atoms with Gasteiger partial charge < -0.3 is 4.90 Å². The topological polar surface area (TPSA) is 20.3 Å². The van der Waals surface area contributed by atoms with Crippen LogP contribution in [0.4, 0.5) is 57.1 Å². The van der Waals surface area contributed by atoms with Gasteiger partial charge >= 0.3 is 35.8 Å². The lowest BCUT2D eigenvalue weighted by atomic mass is 9.83. The number of alkyl halides is 13. The van der Waals surface area contributed by atoms with Crippen LogP contribution >= 0.6 is 0 Å². The number of hydrogen-bond donors (Lipinski definition) is 0. The minimum Gasteiger partial charge on any atom is -0.342 e. The number of amides is 1. The van der Waals surface area contributed by atoms with Crippen molar-refractivity contribution < 1.29 is 61.9 Å². The van der Waals surface area contributed by atoms with Gasteiger partial charge in [-0.2, -0.15) is 57.1 Å². The molecule has 0 fully saturated rings. The van der Waals surface area contributed by atoms with Gasteiger partial charge in [0, 0.05) is 19.5 Å². The van der Waals surface area contributed by atoms with Crippen LogP contribution in [-0.2, 0) is 4.79 Å². The van der Waals surface area contributed by atoms with Crippen LogP contribution in [0.3, 0.4) is 0 Å². The number of rotatable bonds is 12. The number of carbonyl (C=O) groups is 1. The summed E-state index contributed by atoms with van der Waals surface area (Å²) in [6, 6.07) is 0. The van der Waals surface area contributed by atoms with Crippen LogP contribution in [0.2, 0.25) is 0 Å². The van der Waals surface area contributed by atoms with E-state index in [-0.39, 0.29) is 13.0 Å². The molecule has 2 nitrogen and oxygen atoms in total. The lowest BCUT2D eigenvalue weighted by Crippen LogP contribution is -2.71. The van der Waals surface area contributed by atoms with Crippen molar-refractivity contribution in [2.24, 2.45) is 5.92 Å². The van der Waals surface area contributed by atoms with Crippen LogP contribution in [-0.4, -0.2) is 60.2 Å². The highest BCUT2D eigenvalue weighted by molar-refractivity contribution is 5.86. The molecule has 1 amide bonds. The predicted molar refractivity (Wildman–Crippen MR) is 86.3 cm³/mol. The Morgan fingerprint density at radius 1 is 0.812 bits per heavy atom. The quantitative estimate of drug-likeness (QED) is 0.219. The molecular formula is C17H20F13NO. The van der Waals surface area contributed by atoms with E-state index in [0.29, 0.717) is 0 Å². The molecule has 0 saturated carbocycles. The molecule has 0 bridgehead atoms. The molecular weight excluding hydrogens is 481 g/mol. The van der Waals surface area contributed by atoms with Crippen LogP contribution in [0, 0.1) is 5.92 Å². The molecule has 0 spiro atoms. The largest absolute Gasteiger partial charge is 0.460 e. The van der Waals surface area contributed by atoms with Gasteiger partial charge in [0.1, 0.15) is 0 Å². The minimum atomic E-state index is -7.90. The second kappa shape index (κ2) is 9.65. The van der Waals surface area contributed by atoms with E-state index < -0.39 is 66.9 Å². The van der Waals surface area contributed by atoms with Crippen molar-refractivity contribution in [1.82, 2.24) is 4.90 Å². The van der Waals surface area contributed by atoms with Crippen LogP contribution in [0.1, 0.15) is 32.6 Å². The van der Waals surface area contributed by atoms with Gasteiger partial charge in [-0.25, -0.2) is 0 Å². The molecule has 0 aliphatic rings. The molecule has 15 heteroatoms. The highest BCUT2D eigenvalue weighted by atomic mass is 19.4. The molecule has 32 heavy (non-hydrogen) atoms. The van der Waals surface area contributed by atoms with Gasteiger partial charge in [-0.3, -0.25) is 4.79 Å². The summed E-state index contributed by atoms with van der Waals surface area (Å²) in [4.78, 5) is 12.2. The fourth-order valence-electron chi connectivity index (χ4n) is 2.73. The summed E-state index contributed by atoms with van der Waals surface area (Å²) >= 11 is 0. The monoisotopic (exact) mass is 501 g/mol. The Balaban J connectivity index is 6.07. The summed E-state index contributed by atoms with van der Waals surface area (Å²) < 4.78 is 173. The van der Waals surface area contributed by atoms with Crippen molar-refractivity contribution in [1.29, 1.82) is 0 Å². The van der Waals surface area contributed by atoms with Crippen molar-refractivity contribution in [2.45, 2.75) is 68.4 Å². The Bertz CT molecular complexity index is 657. The van der Waals surface area contributed by atoms with Gasteiger partial charge in [-0.15, -0.1) is 0 Å². The zero-order valence-corrected chi connectivity index (χ0v) is 16.7. The lowest BCUT2D eigenvalue weighted by Gasteiger charge is -2.42. The van der Waals surface area contributed by atoms with Gasteiger partial charge in [0.05, 0.1) is 0 Å². The summed E-state index contributed by atoms with van der Waals surface area (Å²) in [5.41, 5.74) is 0. The maximum atomic E-state index is 14.3. The molecule has 1 unspecified atom stereocenters.